The van der Waals surface area contributed by atoms with E-state index in [1.807, 2.05) is 6.07 Å². The Labute approximate surface area is 150 Å². The zero-order valence-electron chi connectivity index (χ0n) is 15.0. The van der Waals surface area contributed by atoms with Gasteiger partial charge in [0, 0.05) is 0 Å². The average molecular weight is 336 g/mol. The van der Waals surface area contributed by atoms with Crippen molar-refractivity contribution in [3.05, 3.63) is 42.0 Å². The number of hydrogen-bond donors (Lipinski definition) is 1. The fourth-order valence-electron chi connectivity index (χ4n) is 6.34. The summed E-state index contributed by atoms with van der Waals surface area (Å²) >= 11 is 0. The van der Waals surface area contributed by atoms with Crippen LogP contribution in [0.3, 0.4) is 0 Å². The zero-order chi connectivity index (χ0) is 17.0. The first-order valence-corrected chi connectivity index (χ1v) is 9.97. The van der Waals surface area contributed by atoms with Gasteiger partial charge in [-0.15, -0.1) is 0 Å². The van der Waals surface area contributed by atoms with E-state index in [0.29, 0.717) is 5.92 Å². The highest BCUT2D eigenvalue weighted by Gasteiger charge is 2.48. The standard InChI is InChI=1S/C23H28O2/c1-25-21-7-6-16-12-18(5-4-17(16)13-21)23(24)22-19-8-14-2-3-15(10-19)11-20(22)9-14/h4-7,12-15,19-20,22-24H,2-3,8-11H2,1H3. The van der Waals surface area contributed by atoms with E-state index in [4.69, 9.17) is 4.74 Å². The first-order valence-electron chi connectivity index (χ1n) is 9.97. The van der Waals surface area contributed by atoms with Gasteiger partial charge in [0.15, 0.2) is 0 Å². The Balaban J connectivity index is 1.46. The third-order valence-corrected chi connectivity index (χ3v) is 7.39. The lowest BCUT2D eigenvalue weighted by Gasteiger charge is -2.47. The molecular formula is C23H28O2. The van der Waals surface area contributed by atoms with Crippen LogP contribution in [0.25, 0.3) is 10.8 Å². The Morgan fingerprint density at radius 1 is 0.880 bits per heavy atom. The van der Waals surface area contributed by atoms with Gasteiger partial charge in [-0.05, 0) is 89.8 Å². The minimum atomic E-state index is -0.304. The molecule has 0 heterocycles. The molecule has 0 amide bonds. The molecule has 2 heteroatoms. The van der Waals surface area contributed by atoms with Crippen LogP contribution in [0.15, 0.2) is 36.4 Å². The number of rotatable bonds is 3. The first kappa shape index (κ1) is 15.7. The van der Waals surface area contributed by atoms with Gasteiger partial charge >= 0.3 is 0 Å². The highest BCUT2D eigenvalue weighted by Crippen LogP contribution is 2.57. The summed E-state index contributed by atoms with van der Waals surface area (Å²) in [6, 6.07) is 12.6. The van der Waals surface area contributed by atoms with E-state index in [-0.39, 0.29) is 6.10 Å². The van der Waals surface area contributed by atoms with Crippen LogP contribution in [-0.2, 0) is 0 Å². The molecule has 0 radical (unpaired) electrons. The van der Waals surface area contributed by atoms with Gasteiger partial charge in [-0.1, -0.05) is 31.0 Å². The third kappa shape index (κ3) is 2.66. The molecule has 4 fully saturated rings. The first-order chi connectivity index (χ1) is 12.2. The molecule has 2 aromatic rings. The summed E-state index contributed by atoms with van der Waals surface area (Å²) in [5, 5.41) is 13.7. The van der Waals surface area contributed by atoms with Crippen molar-refractivity contribution in [2.24, 2.45) is 29.6 Å². The molecule has 0 saturated heterocycles. The number of methoxy groups -OCH3 is 1. The molecule has 2 nitrogen and oxygen atoms in total. The predicted octanol–water partition coefficient (Wildman–Crippen LogP) is 5.34. The van der Waals surface area contributed by atoms with E-state index in [0.717, 1.165) is 35.0 Å². The van der Waals surface area contributed by atoms with Gasteiger partial charge in [0.25, 0.3) is 0 Å². The number of fused-ring (bicyclic) bond motifs is 2. The van der Waals surface area contributed by atoms with Crippen LogP contribution in [-0.4, -0.2) is 12.2 Å². The maximum absolute atomic E-state index is 11.3. The monoisotopic (exact) mass is 336 g/mol. The minimum absolute atomic E-state index is 0.304. The summed E-state index contributed by atoms with van der Waals surface area (Å²) in [5.41, 5.74) is 1.11. The number of aliphatic hydroxyl groups is 1. The molecule has 4 aliphatic carbocycles. The van der Waals surface area contributed by atoms with E-state index < -0.39 is 0 Å². The van der Waals surface area contributed by atoms with Crippen LogP contribution in [0.2, 0.25) is 0 Å². The molecule has 25 heavy (non-hydrogen) atoms. The second kappa shape index (κ2) is 6.02. The fourth-order valence-corrected chi connectivity index (χ4v) is 6.34. The van der Waals surface area contributed by atoms with Crippen LogP contribution in [0.5, 0.6) is 5.75 Å². The van der Waals surface area contributed by atoms with Crippen LogP contribution < -0.4 is 4.74 Å². The van der Waals surface area contributed by atoms with E-state index in [1.165, 1.54) is 49.3 Å². The van der Waals surface area contributed by atoms with Crippen molar-refractivity contribution in [3.8, 4) is 5.75 Å². The summed E-state index contributed by atoms with van der Waals surface area (Å²) in [7, 11) is 1.70. The molecule has 1 atom stereocenters. The number of benzene rings is 2. The number of aliphatic hydroxyl groups excluding tert-OH is 1. The third-order valence-electron chi connectivity index (χ3n) is 7.39. The Hall–Kier alpha value is -1.54. The van der Waals surface area contributed by atoms with E-state index >= 15 is 0 Å². The molecule has 4 bridgehead atoms. The molecule has 4 saturated carbocycles. The lowest BCUT2D eigenvalue weighted by Crippen LogP contribution is -2.40. The SMILES string of the molecule is COc1ccc2cc(C(O)C3C4CC5CCC(C4)CC3C5)ccc2c1. The fraction of sp³-hybridized carbons (Fsp3) is 0.565. The van der Waals surface area contributed by atoms with Gasteiger partial charge in [-0.25, -0.2) is 0 Å². The van der Waals surface area contributed by atoms with Gasteiger partial charge < -0.3 is 9.84 Å². The van der Waals surface area contributed by atoms with Crippen molar-refractivity contribution in [2.45, 2.75) is 44.6 Å². The van der Waals surface area contributed by atoms with Gasteiger partial charge in [0.05, 0.1) is 13.2 Å². The second-order valence-corrected chi connectivity index (χ2v) is 8.77. The number of hydrogen-bond acceptors (Lipinski definition) is 2. The Bertz CT molecular complexity index is 751. The Kier molecular flexibility index (Phi) is 3.78. The molecule has 0 aliphatic heterocycles. The molecule has 0 aromatic heterocycles. The van der Waals surface area contributed by atoms with Gasteiger partial charge in [-0.3, -0.25) is 0 Å². The smallest absolute Gasteiger partial charge is 0.119 e. The molecule has 1 N–H and O–H groups in total. The lowest BCUT2D eigenvalue weighted by molar-refractivity contribution is -0.0396. The minimum Gasteiger partial charge on any atom is -0.497 e. The summed E-state index contributed by atoms with van der Waals surface area (Å²) in [4.78, 5) is 0. The van der Waals surface area contributed by atoms with E-state index in [1.54, 1.807) is 7.11 Å². The van der Waals surface area contributed by atoms with E-state index in [2.05, 4.69) is 30.3 Å². The number of ether oxygens (including phenoxy) is 1. The van der Waals surface area contributed by atoms with Crippen molar-refractivity contribution >= 4 is 10.8 Å². The molecule has 4 aliphatic rings. The molecule has 6 rings (SSSR count). The van der Waals surface area contributed by atoms with Crippen LogP contribution >= 0.6 is 0 Å². The maximum Gasteiger partial charge on any atom is 0.119 e. The van der Waals surface area contributed by atoms with Gasteiger partial charge in [0.2, 0.25) is 0 Å². The summed E-state index contributed by atoms with van der Waals surface area (Å²) in [6.07, 6.45) is 8.02. The van der Waals surface area contributed by atoms with Crippen molar-refractivity contribution in [2.75, 3.05) is 7.11 Å². The molecule has 1 unspecified atom stereocenters. The van der Waals surface area contributed by atoms with Crippen molar-refractivity contribution in [1.29, 1.82) is 0 Å². The van der Waals surface area contributed by atoms with Crippen LogP contribution in [0.4, 0.5) is 0 Å². The topological polar surface area (TPSA) is 29.5 Å². The molecular weight excluding hydrogens is 308 g/mol. The second-order valence-electron chi connectivity index (χ2n) is 8.77. The maximum atomic E-state index is 11.3. The highest BCUT2D eigenvalue weighted by atomic mass is 16.5. The Morgan fingerprint density at radius 3 is 2.12 bits per heavy atom. The lowest BCUT2D eigenvalue weighted by atomic mass is 9.58. The summed E-state index contributed by atoms with van der Waals surface area (Å²) < 4.78 is 5.32. The Morgan fingerprint density at radius 2 is 1.48 bits per heavy atom. The van der Waals surface area contributed by atoms with Crippen LogP contribution in [0, 0.1) is 29.6 Å². The van der Waals surface area contributed by atoms with Crippen LogP contribution in [0.1, 0.15) is 50.2 Å². The van der Waals surface area contributed by atoms with Gasteiger partial charge in [-0.2, -0.15) is 0 Å². The average Bonchev–Trinajstić information content (AvgIpc) is 2.89. The van der Waals surface area contributed by atoms with Gasteiger partial charge in [0.1, 0.15) is 5.75 Å². The largest absolute Gasteiger partial charge is 0.497 e. The van der Waals surface area contributed by atoms with Crippen molar-refractivity contribution in [1.82, 2.24) is 0 Å². The molecule has 132 valence electrons. The normalized spacial score (nSPS) is 34.9. The summed E-state index contributed by atoms with van der Waals surface area (Å²) in [6.45, 7) is 0. The highest BCUT2D eigenvalue weighted by molar-refractivity contribution is 5.84. The molecule has 2 aromatic carbocycles. The molecule has 0 spiro atoms. The predicted molar refractivity (Wildman–Crippen MR) is 101 cm³/mol. The zero-order valence-corrected chi connectivity index (χ0v) is 15.0. The van der Waals surface area contributed by atoms with Crippen molar-refractivity contribution < 1.29 is 9.84 Å². The van der Waals surface area contributed by atoms with E-state index in [9.17, 15) is 5.11 Å². The summed E-state index contributed by atoms with van der Waals surface area (Å²) in [5.74, 6) is 4.72. The van der Waals surface area contributed by atoms with Crippen molar-refractivity contribution in [3.63, 3.8) is 0 Å². The quantitative estimate of drug-likeness (QED) is 0.819.